The number of rotatable bonds is 2. The van der Waals surface area contributed by atoms with Gasteiger partial charge in [-0.1, -0.05) is 12.1 Å². The Balaban J connectivity index is 1.45. The third-order valence-corrected chi connectivity index (χ3v) is 4.73. The highest BCUT2D eigenvalue weighted by Crippen LogP contribution is 2.19. The zero-order valence-electron chi connectivity index (χ0n) is 14.3. The van der Waals surface area contributed by atoms with E-state index in [4.69, 9.17) is 0 Å². The van der Waals surface area contributed by atoms with E-state index >= 15 is 0 Å². The molecule has 2 aromatic carbocycles. The van der Waals surface area contributed by atoms with Crippen LogP contribution in [0.25, 0.3) is 10.9 Å². The van der Waals surface area contributed by atoms with E-state index in [9.17, 15) is 18.4 Å². The van der Waals surface area contributed by atoms with Gasteiger partial charge < -0.3 is 9.80 Å². The molecule has 0 unspecified atom stereocenters. The molecule has 1 N–H and O–H groups in total. The molecule has 2 heterocycles. The Morgan fingerprint density at radius 3 is 2.33 bits per heavy atom. The lowest BCUT2D eigenvalue weighted by atomic mass is 10.1. The van der Waals surface area contributed by atoms with Gasteiger partial charge in [-0.25, -0.2) is 8.78 Å². The molecular weight excluding hydrogens is 354 g/mol. The summed E-state index contributed by atoms with van der Waals surface area (Å²) in [5.41, 5.74) is 1.31. The molecule has 27 heavy (non-hydrogen) atoms. The van der Waals surface area contributed by atoms with E-state index in [0.29, 0.717) is 37.3 Å². The number of H-pyrrole nitrogens is 1. The summed E-state index contributed by atoms with van der Waals surface area (Å²) in [7, 11) is 0. The van der Waals surface area contributed by atoms with Crippen LogP contribution in [-0.2, 0) is 0 Å². The van der Waals surface area contributed by atoms with Crippen LogP contribution >= 0.6 is 0 Å². The summed E-state index contributed by atoms with van der Waals surface area (Å²) in [6, 6.07) is 8.50. The van der Waals surface area contributed by atoms with Crippen LogP contribution in [0, 0.1) is 11.6 Å². The first-order valence-electron chi connectivity index (χ1n) is 8.50. The number of halogens is 2. The van der Waals surface area contributed by atoms with E-state index in [1.807, 2.05) is 6.07 Å². The molecule has 2 amide bonds. The number of hydrogen-bond acceptors (Lipinski definition) is 3. The molecule has 1 aliphatic heterocycles. The zero-order valence-corrected chi connectivity index (χ0v) is 14.3. The summed E-state index contributed by atoms with van der Waals surface area (Å²) < 4.78 is 26.4. The van der Waals surface area contributed by atoms with E-state index in [1.54, 1.807) is 23.2 Å². The largest absolute Gasteiger partial charge is 0.335 e. The van der Waals surface area contributed by atoms with Gasteiger partial charge in [-0.15, -0.1) is 0 Å². The second kappa shape index (κ2) is 6.79. The van der Waals surface area contributed by atoms with Gasteiger partial charge in [0.1, 0.15) is 0 Å². The maximum atomic E-state index is 13.4. The number of piperazine rings is 1. The molecule has 3 aromatic rings. The number of aromatic amines is 1. The third-order valence-electron chi connectivity index (χ3n) is 4.73. The summed E-state index contributed by atoms with van der Waals surface area (Å²) in [4.78, 5) is 28.5. The number of fused-ring (bicyclic) bond motifs is 1. The number of hydrogen-bond donors (Lipinski definition) is 1. The topological polar surface area (TPSA) is 69.3 Å². The molecule has 138 valence electrons. The van der Waals surface area contributed by atoms with Crippen molar-refractivity contribution in [3.8, 4) is 0 Å². The van der Waals surface area contributed by atoms with Crippen molar-refractivity contribution in [2.75, 3.05) is 26.2 Å². The van der Waals surface area contributed by atoms with Crippen LogP contribution in [0.15, 0.2) is 42.6 Å². The van der Waals surface area contributed by atoms with Gasteiger partial charge >= 0.3 is 0 Å². The van der Waals surface area contributed by atoms with Gasteiger partial charge in [0, 0.05) is 37.1 Å². The quantitative estimate of drug-likeness (QED) is 0.753. The Labute approximate surface area is 153 Å². The number of carbonyl (C=O) groups is 2. The molecule has 0 radical (unpaired) electrons. The van der Waals surface area contributed by atoms with Gasteiger partial charge in [0.25, 0.3) is 11.8 Å². The molecule has 4 rings (SSSR count). The van der Waals surface area contributed by atoms with Crippen LogP contribution in [0.3, 0.4) is 0 Å². The molecule has 0 bridgehead atoms. The normalized spacial score (nSPS) is 14.6. The summed E-state index contributed by atoms with van der Waals surface area (Å²) in [6.45, 7) is 1.36. The minimum absolute atomic E-state index is 0.0934. The number of nitrogens with zero attached hydrogens (tertiary/aromatic N) is 3. The lowest BCUT2D eigenvalue weighted by Crippen LogP contribution is -2.50. The van der Waals surface area contributed by atoms with Crippen LogP contribution in [-0.4, -0.2) is 58.0 Å². The van der Waals surface area contributed by atoms with Crippen molar-refractivity contribution in [2.45, 2.75) is 0 Å². The second-order valence-corrected chi connectivity index (χ2v) is 6.35. The molecule has 1 aromatic heterocycles. The Morgan fingerprint density at radius 1 is 0.926 bits per heavy atom. The molecular formula is C19H16F2N4O2. The average molecular weight is 370 g/mol. The van der Waals surface area contributed by atoms with Crippen molar-refractivity contribution in [2.24, 2.45) is 0 Å². The average Bonchev–Trinajstić information content (AvgIpc) is 3.18. The molecule has 0 saturated carbocycles. The number of aromatic nitrogens is 2. The Hall–Kier alpha value is -3.29. The molecule has 1 saturated heterocycles. The zero-order chi connectivity index (χ0) is 19.0. The van der Waals surface area contributed by atoms with Gasteiger partial charge in [-0.3, -0.25) is 14.7 Å². The van der Waals surface area contributed by atoms with Crippen LogP contribution in [0.4, 0.5) is 8.78 Å². The molecule has 1 aliphatic rings. The fourth-order valence-corrected chi connectivity index (χ4v) is 3.24. The first-order chi connectivity index (χ1) is 13.0. The molecule has 0 spiro atoms. The van der Waals surface area contributed by atoms with E-state index < -0.39 is 11.6 Å². The minimum atomic E-state index is -1.05. The first kappa shape index (κ1) is 17.1. The van der Waals surface area contributed by atoms with Crippen LogP contribution < -0.4 is 0 Å². The van der Waals surface area contributed by atoms with Crippen molar-refractivity contribution in [3.63, 3.8) is 0 Å². The standard InChI is InChI=1S/C19H16F2N4O2/c20-15-5-4-12(10-16(15)21)18(26)24-6-8-25(9-7-24)19(27)14-3-1-2-13-11-22-23-17(13)14/h1-5,10-11H,6-9H2,(H,22,23). The summed E-state index contributed by atoms with van der Waals surface area (Å²) >= 11 is 0. The summed E-state index contributed by atoms with van der Waals surface area (Å²) in [5.74, 6) is -2.56. The van der Waals surface area contributed by atoms with Crippen molar-refractivity contribution in [3.05, 3.63) is 65.4 Å². The fourth-order valence-electron chi connectivity index (χ4n) is 3.24. The lowest BCUT2D eigenvalue weighted by Gasteiger charge is -2.35. The summed E-state index contributed by atoms with van der Waals surface area (Å²) in [5, 5.41) is 7.66. The predicted molar refractivity (Wildman–Crippen MR) is 94.3 cm³/mol. The number of para-hydroxylation sites is 1. The summed E-state index contributed by atoms with van der Waals surface area (Å²) in [6.07, 6.45) is 1.66. The fraction of sp³-hybridized carbons (Fsp3) is 0.211. The minimum Gasteiger partial charge on any atom is -0.335 e. The molecule has 6 nitrogen and oxygen atoms in total. The highest BCUT2D eigenvalue weighted by Gasteiger charge is 2.27. The maximum absolute atomic E-state index is 13.4. The Morgan fingerprint density at radius 2 is 1.63 bits per heavy atom. The van der Waals surface area contributed by atoms with Crippen molar-refractivity contribution < 1.29 is 18.4 Å². The number of benzene rings is 2. The maximum Gasteiger partial charge on any atom is 0.256 e. The predicted octanol–water partition coefficient (Wildman–Crippen LogP) is 2.44. The van der Waals surface area contributed by atoms with Gasteiger partial charge in [0.2, 0.25) is 0 Å². The van der Waals surface area contributed by atoms with Crippen molar-refractivity contribution in [1.29, 1.82) is 0 Å². The smallest absolute Gasteiger partial charge is 0.256 e. The molecule has 1 fully saturated rings. The van der Waals surface area contributed by atoms with E-state index in [0.717, 1.165) is 17.5 Å². The van der Waals surface area contributed by atoms with E-state index in [1.165, 1.54) is 11.0 Å². The van der Waals surface area contributed by atoms with Crippen LogP contribution in [0.2, 0.25) is 0 Å². The molecule has 0 aliphatic carbocycles. The van der Waals surface area contributed by atoms with Crippen molar-refractivity contribution >= 4 is 22.7 Å². The third kappa shape index (κ3) is 3.14. The van der Waals surface area contributed by atoms with E-state index in [2.05, 4.69) is 10.2 Å². The molecule has 0 atom stereocenters. The highest BCUT2D eigenvalue weighted by molar-refractivity contribution is 6.05. The van der Waals surface area contributed by atoms with Gasteiger partial charge in [-0.2, -0.15) is 5.10 Å². The number of amides is 2. The van der Waals surface area contributed by atoms with Gasteiger partial charge in [0.05, 0.1) is 17.3 Å². The monoisotopic (exact) mass is 370 g/mol. The second-order valence-electron chi connectivity index (χ2n) is 6.35. The van der Waals surface area contributed by atoms with Crippen molar-refractivity contribution in [1.82, 2.24) is 20.0 Å². The highest BCUT2D eigenvalue weighted by atomic mass is 19.2. The molecule has 8 heteroatoms. The SMILES string of the molecule is O=C(c1ccc(F)c(F)c1)N1CCN(C(=O)c2cccc3cn[nH]c23)CC1. The van der Waals surface area contributed by atoms with Gasteiger partial charge in [0.15, 0.2) is 11.6 Å². The van der Waals surface area contributed by atoms with E-state index in [-0.39, 0.29) is 17.4 Å². The van der Waals surface area contributed by atoms with Crippen LogP contribution in [0.5, 0.6) is 0 Å². The first-order valence-corrected chi connectivity index (χ1v) is 8.50. The Bertz CT molecular complexity index is 1030. The Kier molecular flexibility index (Phi) is 4.31. The van der Waals surface area contributed by atoms with Crippen LogP contribution in [0.1, 0.15) is 20.7 Å². The number of carbonyl (C=O) groups excluding carboxylic acids is 2. The van der Waals surface area contributed by atoms with Gasteiger partial charge in [-0.05, 0) is 24.3 Å². The lowest BCUT2D eigenvalue weighted by molar-refractivity contribution is 0.0536. The number of nitrogens with one attached hydrogen (secondary N) is 1.